The number of imidazole rings is 1. The number of nitrogens with zero attached hydrogens (tertiary/aromatic N) is 4. The summed E-state index contributed by atoms with van der Waals surface area (Å²) in [6.45, 7) is -1.82. The van der Waals surface area contributed by atoms with E-state index in [0.717, 1.165) is 6.33 Å². The molecular weight excluding hydrogens is 564 g/mol. The molecule has 2 aliphatic rings. The lowest BCUT2D eigenvalue weighted by Crippen LogP contribution is -2.58. The number of phosphoric ester groups is 2. The van der Waals surface area contributed by atoms with Gasteiger partial charge in [-0.05, 0) is 0 Å². The topological polar surface area (TPSA) is 312 Å². The number of aromatic nitrogens is 4. The summed E-state index contributed by atoms with van der Waals surface area (Å²) in [6.07, 6.45) is -13.3. The molecule has 22 heteroatoms. The van der Waals surface area contributed by atoms with E-state index in [-0.39, 0.29) is 17.0 Å². The lowest BCUT2D eigenvalue weighted by atomic mass is 10.00. The molecule has 4 rings (SSSR count). The highest BCUT2D eigenvalue weighted by atomic mass is 31.3. The minimum absolute atomic E-state index is 0.0411. The zero-order valence-corrected chi connectivity index (χ0v) is 20.7. The van der Waals surface area contributed by atoms with Crippen LogP contribution in [-0.4, -0.2) is 122 Å². The van der Waals surface area contributed by atoms with Gasteiger partial charge in [0.2, 0.25) is 0 Å². The smallest absolute Gasteiger partial charge is 0.394 e. The van der Waals surface area contributed by atoms with Crippen LogP contribution in [0.15, 0.2) is 12.7 Å². The average molecular weight is 589 g/mol. The quantitative estimate of drug-likeness (QED) is 0.126. The van der Waals surface area contributed by atoms with Gasteiger partial charge in [0.1, 0.15) is 54.6 Å². The van der Waals surface area contributed by atoms with E-state index in [2.05, 4.69) is 28.3 Å². The highest BCUT2D eigenvalue weighted by Crippen LogP contribution is 2.61. The molecule has 20 nitrogen and oxygen atoms in total. The Hall–Kier alpha value is -1.71. The molecular formula is C16H25N5O15P2. The Labute approximate surface area is 212 Å². The maximum absolute atomic E-state index is 12.3. The molecule has 11 atom stereocenters. The van der Waals surface area contributed by atoms with Gasteiger partial charge in [0.15, 0.2) is 24.0 Å². The van der Waals surface area contributed by atoms with Crippen LogP contribution >= 0.6 is 15.6 Å². The molecule has 0 amide bonds. The Morgan fingerprint density at radius 2 is 1.61 bits per heavy atom. The SMILES string of the molecule is Nc1ncnc2c1ncn2[C@@H]1O[C@H](COP(=O)(O)OP(=O)(O)O[C@@H]2OC(CO)[C@@H](O)C(O)C2O)C(O)C1O. The van der Waals surface area contributed by atoms with Gasteiger partial charge in [-0.15, -0.1) is 0 Å². The molecule has 4 heterocycles. The van der Waals surface area contributed by atoms with Crippen molar-refractivity contribution >= 4 is 32.6 Å². The van der Waals surface area contributed by atoms with Crippen LogP contribution in [0.3, 0.4) is 0 Å². The van der Waals surface area contributed by atoms with E-state index >= 15 is 0 Å². The molecule has 10 N–H and O–H groups in total. The second kappa shape index (κ2) is 11.0. The molecule has 0 aliphatic carbocycles. The molecule has 2 aromatic rings. The van der Waals surface area contributed by atoms with E-state index < -0.39 is 84.1 Å². The fourth-order valence-electron chi connectivity index (χ4n) is 3.78. The summed E-state index contributed by atoms with van der Waals surface area (Å²) < 4.78 is 49.3. The Kier molecular flexibility index (Phi) is 8.51. The van der Waals surface area contributed by atoms with Crippen LogP contribution < -0.4 is 5.73 Å². The minimum Gasteiger partial charge on any atom is -0.394 e. The fraction of sp³-hybridized carbons (Fsp3) is 0.688. The zero-order valence-electron chi connectivity index (χ0n) is 19.0. The number of ether oxygens (including phenoxy) is 2. The lowest BCUT2D eigenvalue weighted by Gasteiger charge is -2.39. The average Bonchev–Trinajstić information content (AvgIpc) is 3.39. The molecule has 0 spiro atoms. The molecule has 0 bridgehead atoms. The summed E-state index contributed by atoms with van der Waals surface area (Å²) in [5.41, 5.74) is 6.05. The Bertz CT molecular complexity index is 1230. The van der Waals surface area contributed by atoms with Crippen LogP contribution in [0.1, 0.15) is 6.23 Å². The third-order valence-corrected chi connectivity index (χ3v) is 8.29. The first-order valence-corrected chi connectivity index (χ1v) is 13.7. The number of nitrogens with two attached hydrogens (primary N) is 1. The highest BCUT2D eigenvalue weighted by molar-refractivity contribution is 7.61. The predicted molar refractivity (Wildman–Crippen MR) is 117 cm³/mol. The summed E-state index contributed by atoms with van der Waals surface area (Å²) in [5, 5.41) is 59.2. The standard InChI is InChI=1S/C16H25N5O15P2/c17-13-7-14(19-3-18-13)21(4-20-7)15-11(26)9(24)6(33-15)2-32-37(28,29)36-38(30,31)35-16-12(27)10(25)8(23)5(1-22)34-16/h3-6,8-12,15-16,22-27H,1-2H2,(H,28,29)(H,30,31)(H2,17,18,19)/t5?,6-,8-,9?,10?,11?,12?,15-,16+/m1/s1. The van der Waals surface area contributed by atoms with Gasteiger partial charge in [0, 0.05) is 0 Å². The van der Waals surface area contributed by atoms with Crippen molar-refractivity contribution in [3.05, 3.63) is 12.7 Å². The third kappa shape index (κ3) is 5.89. The summed E-state index contributed by atoms with van der Waals surface area (Å²) in [6, 6.07) is 0. The second-order valence-electron chi connectivity index (χ2n) is 8.25. The van der Waals surface area contributed by atoms with Crippen molar-refractivity contribution in [3.63, 3.8) is 0 Å². The normalized spacial score (nSPS) is 37.2. The molecule has 0 radical (unpaired) electrons. The fourth-order valence-corrected chi connectivity index (χ4v) is 5.94. The summed E-state index contributed by atoms with van der Waals surface area (Å²) in [4.78, 5) is 31.5. The first-order valence-electron chi connectivity index (χ1n) is 10.7. The molecule has 2 aromatic heterocycles. The highest BCUT2D eigenvalue weighted by Gasteiger charge is 2.49. The Morgan fingerprint density at radius 3 is 2.29 bits per heavy atom. The second-order valence-corrected chi connectivity index (χ2v) is 11.2. The van der Waals surface area contributed by atoms with Gasteiger partial charge >= 0.3 is 15.6 Å². The number of aliphatic hydroxyl groups excluding tert-OH is 6. The number of nitrogen functional groups attached to an aromatic ring is 1. The van der Waals surface area contributed by atoms with Crippen molar-refractivity contribution in [1.82, 2.24) is 19.5 Å². The monoisotopic (exact) mass is 589 g/mol. The Morgan fingerprint density at radius 1 is 0.921 bits per heavy atom. The van der Waals surface area contributed by atoms with Gasteiger partial charge in [0.05, 0.1) is 19.5 Å². The van der Waals surface area contributed by atoms with Crippen LogP contribution in [0.25, 0.3) is 11.2 Å². The van der Waals surface area contributed by atoms with Crippen LogP contribution in [0, 0.1) is 0 Å². The van der Waals surface area contributed by atoms with Crippen LogP contribution in [0.5, 0.6) is 0 Å². The van der Waals surface area contributed by atoms with Crippen molar-refractivity contribution in [2.24, 2.45) is 0 Å². The van der Waals surface area contributed by atoms with E-state index in [1.165, 1.54) is 10.9 Å². The number of phosphoric acid groups is 2. The van der Waals surface area contributed by atoms with Crippen molar-refractivity contribution in [1.29, 1.82) is 0 Å². The molecule has 2 aliphatic heterocycles. The van der Waals surface area contributed by atoms with Gasteiger partial charge in [0.25, 0.3) is 0 Å². The summed E-state index contributed by atoms with van der Waals surface area (Å²) in [7, 11) is -11.0. The molecule has 214 valence electrons. The van der Waals surface area contributed by atoms with Crippen molar-refractivity contribution in [3.8, 4) is 0 Å². The zero-order chi connectivity index (χ0) is 28.0. The summed E-state index contributed by atoms with van der Waals surface area (Å²) >= 11 is 0. The van der Waals surface area contributed by atoms with E-state index in [4.69, 9.17) is 20.3 Å². The molecule has 38 heavy (non-hydrogen) atoms. The van der Waals surface area contributed by atoms with E-state index in [0.29, 0.717) is 0 Å². The maximum atomic E-state index is 12.3. The largest absolute Gasteiger partial charge is 0.483 e. The van der Waals surface area contributed by atoms with Crippen LogP contribution in [0.2, 0.25) is 0 Å². The molecule has 2 fully saturated rings. The van der Waals surface area contributed by atoms with E-state index in [9.17, 15) is 44.4 Å². The number of fused-ring (bicyclic) bond motifs is 1. The number of rotatable bonds is 9. The van der Waals surface area contributed by atoms with Crippen molar-refractivity contribution in [2.45, 2.75) is 55.2 Å². The molecule has 0 aromatic carbocycles. The summed E-state index contributed by atoms with van der Waals surface area (Å²) in [5.74, 6) is 0.0411. The maximum Gasteiger partial charge on any atom is 0.483 e. The molecule has 7 unspecified atom stereocenters. The number of aliphatic hydroxyl groups is 6. The van der Waals surface area contributed by atoms with Gasteiger partial charge in [-0.1, -0.05) is 0 Å². The number of hydrogen-bond donors (Lipinski definition) is 9. The lowest BCUT2D eigenvalue weighted by molar-refractivity contribution is -0.280. The predicted octanol–water partition coefficient (Wildman–Crippen LogP) is -3.92. The minimum atomic E-state index is -5.56. The van der Waals surface area contributed by atoms with Gasteiger partial charge in [-0.2, -0.15) is 4.31 Å². The first kappa shape index (κ1) is 29.3. The van der Waals surface area contributed by atoms with E-state index in [1.807, 2.05) is 0 Å². The first-order chi connectivity index (χ1) is 17.7. The van der Waals surface area contributed by atoms with Crippen LogP contribution in [0.4, 0.5) is 5.82 Å². The van der Waals surface area contributed by atoms with Gasteiger partial charge in [-0.25, -0.2) is 24.1 Å². The number of anilines is 1. The number of hydrogen-bond acceptors (Lipinski definition) is 17. The van der Waals surface area contributed by atoms with Gasteiger partial charge in [-0.3, -0.25) is 13.6 Å². The van der Waals surface area contributed by atoms with Gasteiger partial charge < -0.3 is 55.6 Å². The van der Waals surface area contributed by atoms with Crippen LogP contribution in [-0.2, 0) is 32.0 Å². The molecule has 2 saturated heterocycles. The van der Waals surface area contributed by atoms with Crippen molar-refractivity contribution < 1.29 is 72.4 Å². The third-order valence-electron chi connectivity index (χ3n) is 5.69. The molecule has 0 saturated carbocycles. The van der Waals surface area contributed by atoms with E-state index in [1.54, 1.807) is 0 Å². The van der Waals surface area contributed by atoms with Crippen molar-refractivity contribution in [2.75, 3.05) is 18.9 Å². The Balaban J connectivity index is 1.38.